The molecule has 2 N–H and O–H groups in total. The first-order chi connectivity index (χ1) is 13.1. The van der Waals surface area contributed by atoms with Crippen LogP contribution < -0.4 is 10.9 Å². The highest BCUT2D eigenvalue weighted by molar-refractivity contribution is 5.82. The van der Waals surface area contributed by atoms with Gasteiger partial charge in [0.25, 0.3) is 0 Å². The molecule has 2 aliphatic heterocycles. The summed E-state index contributed by atoms with van der Waals surface area (Å²) in [5.41, 5.74) is 7.54. The maximum Gasteiger partial charge on any atom is 0.241 e. The van der Waals surface area contributed by atoms with Crippen molar-refractivity contribution < 1.29 is 9.72 Å². The van der Waals surface area contributed by atoms with Crippen molar-refractivity contribution in [2.45, 2.75) is 43.9 Å². The number of nitro groups is 1. The van der Waals surface area contributed by atoms with Crippen molar-refractivity contribution in [3.8, 4) is 0 Å². The lowest BCUT2D eigenvalue weighted by molar-refractivity contribution is -0.528. The normalized spacial score (nSPS) is 31.5. The SMILES string of the molecule is O=C(C1NNC2CCC([N+](=O)[O-])CC21)N1CCN(Cc2ccncc2)CC1. The number of amides is 1. The van der Waals surface area contributed by atoms with Crippen LogP contribution in [0.25, 0.3) is 0 Å². The predicted molar refractivity (Wildman–Crippen MR) is 98.1 cm³/mol. The molecule has 3 fully saturated rings. The van der Waals surface area contributed by atoms with Crippen LogP contribution in [0.5, 0.6) is 0 Å². The highest BCUT2D eigenvalue weighted by atomic mass is 16.6. The number of rotatable bonds is 4. The fraction of sp³-hybridized carbons (Fsp3) is 0.667. The fourth-order valence-electron chi connectivity index (χ4n) is 4.54. The Balaban J connectivity index is 1.32. The predicted octanol–water partition coefficient (Wildman–Crippen LogP) is 0.0162. The highest BCUT2D eigenvalue weighted by Gasteiger charge is 2.47. The van der Waals surface area contributed by atoms with E-state index in [1.165, 1.54) is 5.56 Å². The molecule has 1 aliphatic carbocycles. The van der Waals surface area contributed by atoms with Gasteiger partial charge in [0, 0.05) is 74.8 Å². The van der Waals surface area contributed by atoms with Crippen molar-refractivity contribution in [2.75, 3.05) is 26.2 Å². The minimum atomic E-state index is -0.527. The Morgan fingerprint density at radius 1 is 1.19 bits per heavy atom. The van der Waals surface area contributed by atoms with E-state index in [9.17, 15) is 14.9 Å². The molecule has 0 aromatic carbocycles. The van der Waals surface area contributed by atoms with Crippen LogP contribution in [0.4, 0.5) is 0 Å². The van der Waals surface area contributed by atoms with E-state index in [1.54, 1.807) is 12.4 Å². The number of piperazine rings is 1. The fourth-order valence-corrected chi connectivity index (χ4v) is 4.54. The summed E-state index contributed by atoms with van der Waals surface area (Å²) < 4.78 is 0. The third kappa shape index (κ3) is 3.95. The van der Waals surface area contributed by atoms with Gasteiger partial charge in [0.15, 0.2) is 0 Å². The molecule has 1 saturated carbocycles. The van der Waals surface area contributed by atoms with Crippen molar-refractivity contribution >= 4 is 5.91 Å². The second kappa shape index (κ2) is 7.87. The van der Waals surface area contributed by atoms with E-state index in [-0.39, 0.29) is 28.8 Å². The average molecular weight is 374 g/mol. The van der Waals surface area contributed by atoms with E-state index >= 15 is 0 Å². The van der Waals surface area contributed by atoms with Crippen LogP contribution in [0.15, 0.2) is 24.5 Å². The molecule has 1 aromatic rings. The Morgan fingerprint density at radius 2 is 1.93 bits per heavy atom. The molecule has 1 amide bonds. The molecular formula is C18H26N6O3. The van der Waals surface area contributed by atoms with E-state index in [2.05, 4.69) is 20.7 Å². The number of nitrogens with one attached hydrogen (secondary N) is 2. The molecule has 9 nitrogen and oxygen atoms in total. The molecule has 1 aromatic heterocycles. The van der Waals surface area contributed by atoms with Crippen molar-refractivity contribution in [3.63, 3.8) is 0 Å². The minimum absolute atomic E-state index is 0.00324. The lowest BCUT2D eigenvalue weighted by Gasteiger charge is -2.37. The Hall–Kier alpha value is -2.10. The smallest absolute Gasteiger partial charge is 0.241 e. The number of hydrazine groups is 1. The second-order valence-electron chi connectivity index (χ2n) is 7.75. The molecule has 4 rings (SSSR count). The van der Waals surface area contributed by atoms with Crippen molar-refractivity contribution in [3.05, 3.63) is 40.2 Å². The van der Waals surface area contributed by atoms with Crippen molar-refractivity contribution in [1.82, 2.24) is 25.6 Å². The van der Waals surface area contributed by atoms with Gasteiger partial charge in [-0.1, -0.05) is 0 Å². The number of fused-ring (bicyclic) bond motifs is 1. The summed E-state index contributed by atoms with van der Waals surface area (Å²) in [4.78, 5) is 32.3. The topological polar surface area (TPSA) is 104 Å². The maximum atomic E-state index is 13.0. The van der Waals surface area contributed by atoms with Gasteiger partial charge < -0.3 is 4.90 Å². The number of hydrogen-bond acceptors (Lipinski definition) is 7. The zero-order chi connectivity index (χ0) is 18.8. The molecule has 27 heavy (non-hydrogen) atoms. The average Bonchev–Trinajstić information content (AvgIpc) is 3.12. The molecule has 4 unspecified atom stereocenters. The molecule has 0 radical (unpaired) electrons. The molecule has 3 aliphatic rings. The number of pyridine rings is 1. The first kappa shape index (κ1) is 18.3. The van der Waals surface area contributed by atoms with Crippen LogP contribution >= 0.6 is 0 Å². The van der Waals surface area contributed by atoms with E-state index in [4.69, 9.17) is 0 Å². The molecule has 4 atom stereocenters. The van der Waals surface area contributed by atoms with Crippen LogP contribution in [-0.4, -0.2) is 69.9 Å². The van der Waals surface area contributed by atoms with E-state index in [1.807, 2.05) is 17.0 Å². The van der Waals surface area contributed by atoms with Gasteiger partial charge in [0.05, 0.1) is 0 Å². The lowest BCUT2D eigenvalue weighted by Crippen LogP contribution is -2.55. The van der Waals surface area contributed by atoms with Gasteiger partial charge in [-0.25, -0.2) is 5.43 Å². The quantitative estimate of drug-likeness (QED) is 0.565. The van der Waals surface area contributed by atoms with Gasteiger partial charge in [0.2, 0.25) is 11.9 Å². The number of carbonyl (C=O) groups excluding carboxylic acids is 1. The Labute approximate surface area is 158 Å². The summed E-state index contributed by atoms with van der Waals surface area (Å²) >= 11 is 0. The first-order valence-electron chi connectivity index (χ1n) is 9.66. The van der Waals surface area contributed by atoms with Gasteiger partial charge in [-0.2, -0.15) is 0 Å². The maximum absolute atomic E-state index is 13.0. The Kier molecular flexibility index (Phi) is 5.33. The summed E-state index contributed by atoms with van der Waals surface area (Å²) in [5, 5.41) is 11.2. The molecule has 3 heterocycles. The number of carbonyl (C=O) groups is 1. The number of aromatic nitrogens is 1. The summed E-state index contributed by atoms with van der Waals surface area (Å²) in [6, 6.07) is 3.30. The van der Waals surface area contributed by atoms with Crippen LogP contribution in [0.1, 0.15) is 24.8 Å². The third-order valence-electron chi connectivity index (χ3n) is 6.13. The van der Waals surface area contributed by atoms with E-state index in [0.717, 1.165) is 26.1 Å². The monoisotopic (exact) mass is 374 g/mol. The van der Waals surface area contributed by atoms with Crippen LogP contribution in [0.2, 0.25) is 0 Å². The van der Waals surface area contributed by atoms with Crippen molar-refractivity contribution in [2.24, 2.45) is 5.92 Å². The summed E-state index contributed by atoms with van der Waals surface area (Å²) in [7, 11) is 0. The van der Waals surface area contributed by atoms with Gasteiger partial charge in [-0.15, -0.1) is 0 Å². The van der Waals surface area contributed by atoms with Gasteiger partial charge >= 0.3 is 0 Å². The Morgan fingerprint density at radius 3 is 2.63 bits per heavy atom. The molecule has 9 heteroatoms. The molecule has 0 bridgehead atoms. The summed E-state index contributed by atoms with van der Waals surface area (Å²) in [5.74, 6) is 0.0686. The lowest BCUT2D eigenvalue weighted by atomic mass is 9.79. The second-order valence-corrected chi connectivity index (χ2v) is 7.75. The molecular weight excluding hydrogens is 348 g/mol. The van der Waals surface area contributed by atoms with Crippen LogP contribution in [-0.2, 0) is 11.3 Å². The van der Waals surface area contributed by atoms with E-state index in [0.29, 0.717) is 25.9 Å². The third-order valence-corrected chi connectivity index (χ3v) is 6.13. The molecule has 146 valence electrons. The largest absolute Gasteiger partial charge is 0.339 e. The van der Waals surface area contributed by atoms with Crippen LogP contribution in [0.3, 0.4) is 0 Å². The first-order valence-corrected chi connectivity index (χ1v) is 9.66. The van der Waals surface area contributed by atoms with Crippen LogP contribution in [0, 0.1) is 16.0 Å². The zero-order valence-electron chi connectivity index (χ0n) is 15.3. The Bertz CT molecular complexity index is 679. The molecule has 0 spiro atoms. The van der Waals surface area contributed by atoms with Crippen molar-refractivity contribution in [1.29, 1.82) is 0 Å². The number of nitrogens with zero attached hydrogens (tertiary/aromatic N) is 4. The van der Waals surface area contributed by atoms with E-state index < -0.39 is 6.04 Å². The molecule has 2 saturated heterocycles. The standard InChI is InChI=1S/C18H26N6O3/c25-18(17-15-11-14(24(26)27)1-2-16(15)20-21-17)23-9-7-22(8-10-23)12-13-3-5-19-6-4-13/h3-6,14-17,20-21H,1-2,7-12H2. The summed E-state index contributed by atoms with van der Waals surface area (Å²) in [6.45, 7) is 3.92. The number of hydrogen-bond donors (Lipinski definition) is 2. The van der Waals surface area contributed by atoms with Gasteiger partial charge in [-0.3, -0.25) is 30.2 Å². The highest BCUT2D eigenvalue weighted by Crippen LogP contribution is 2.32. The zero-order valence-corrected chi connectivity index (χ0v) is 15.3. The van der Waals surface area contributed by atoms with Gasteiger partial charge in [-0.05, 0) is 24.1 Å². The summed E-state index contributed by atoms with van der Waals surface area (Å²) in [6.07, 6.45) is 5.39. The van der Waals surface area contributed by atoms with Gasteiger partial charge in [0.1, 0.15) is 6.04 Å². The minimum Gasteiger partial charge on any atom is -0.339 e.